The molecule has 0 N–H and O–H groups in total. The van der Waals surface area contributed by atoms with Gasteiger partial charge in [0.25, 0.3) is 6.43 Å². The molecule has 3 nitrogen and oxygen atoms in total. The normalized spacial score (nSPS) is 11.8. The van der Waals surface area contributed by atoms with Gasteiger partial charge in [-0.25, -0.2) is 18.6 Å². The number of alkyl halides is 5. The van der Waals surface area contributed by atoms with Crippen LogP contribution in [0.2, 0.25) is 0 Å². The minimum absolute atomic E-state index is 0.511. The molecule has 0 aromatic carbocycles. The van der Waals surface area contributed by atoms with E-state index in [2.05, 4.69) is 9.72 Å². The van der Waals surface area contributed by atoms with Gasteiger partial charge in [-0.05, 0) is 28.7 Å². The fraction of sp³-hybridized carbons (Fsp3) is 0.333. The first-order valence-electron chi connectivity index (χ1n) is 4.32. The summed E-state index contributed by atoms with van der Waals surface area (Å²) in [5.41, 5.74) is -3.31. The number of nitrogens with zero attached hydrogens (tertiary/aromatic N) is 1. The zero-order chi connectivity index (χ0) is 14.1. The van der Waals surface area contributed by atoms with Crippen LogP contribution in [-0.2, 0) is 10.9 Å². The Bertz CT molecular complexity index is 475. The Morgan fingerprint density at radius 2 is 2.00 bits per heavy atom. The molecule has 0 fully saturated rings. The highest BCUT2D eigenvalue weighted by Gasteiger charge is 2.37. The van der Waals surface area contributed by atoms with Crippen molar-refractivity contribution in [2.75, 3.05) is 7.11 Å². The number of halogens is 6. The Balaban J connectivity index is 3.50. The molecule has 9 heteroatoms. The lowest BCUT2D eigenvalue weighted by molar-refractivity contribution is -0.142. The number of methoxy groups -OCH3 is 1. The van der Waals surface area contributed by atoms with E-state index in [1.807, 2.05) is 0 Å². The summed E-state index contributed by atoms with van der Waals surface area (Å²) in [4.78, 5) is 14.1. The number of esters is 1. The third-order valence-electron chi connectivity index (χ3n) is 1.89. The van der Waals surface area contributed by atoms with Gasteiger partial charge in [-0.3, -0.25) is 0 Å². The van der Waals surface area contributed by atoms with Crippen molar-refractivity contribution in [2.24, 2.45) is 0 Å². The van der Waals surface area contributed by atoms with Gasteiger partial charge in [0.05, 0.1) is 12.7 Å². The number of pyridine rings is 1. The summed E-state index contributed by atoms with van der Waals surface area (Å²) in [5.74, 6) is -1.34. The summed E-state index contributed by atoms with van der Waals surface area (Å²) in [6.07, 6.45) is -7.96. The first-order chi connectivity index (χ1) is 8.18. The number of carbonyl (C=O) groups is 1. The summed E-state index contributed by atoms with van der Waals surface area (Å²) in [6.45, 7) is 0. The van der Waals surface area contributed by atoms with Crippen LogP contribution in [0.5, 0.6) is 0 Å². The van der Waals surface area contributed by atoms with Gasteiger partial charge in [0.15, 0.2) is 11.4 Å². The number of hydrogen-bond acceptors (Lipinski definition) is 3. The van der Waals surface area contributed by atoms with Crippen LogP contribution in [0.4, 0.5) is 22.0 Å². The van der Waals surface area contributed by atoms with E-state index in [1.54, 1.807) is 0 Å². The summed E-state index contributed by atoms with van der Waals surface area (Å²) in [7, 11) is 0.866. The Morgan fingerprint density at radius 3 is 2.39 bits per heavy atom. The molecule has 0 spiro atoms. The Labute approximate surface area is 111 Å². The van der Waals surface area contributed by atoms with E-state index in [0.717, 1.165) is 7.11 Å². The highest BCUT2D eigenvalue weighted by molar-refractivity contribution is 14.1. The van der Waals surface area contributed by atoms with Crippen LogP contribution in [-0.4, -0.2) is 18.1 Å². The molecule has 1 rings (SSSR count). The largest absolute Gasteiger partial charge is 0.464 e. The van der Waals surface area contributed by atoms with E-state index in [1.165, 1.54) is 22.6 Å². The lowest BCUT2D eigenvalue weighted by Gasteiger charge is -2.12. The van der Waals surface area contributed by atoms with Crippen LogP contribution in [0.25, 0.3) is 0 Å². The van der Waals surface area contributed by atoms with Crippen LogP contribution in [0.15, 0.2) is 6.07 Å². The molecule has 0 atom stereocenters. The molecule has 0 saturated carbocycles. The number of rotatable bonds is 2. The van der Waals surface area contributed by atoms with Crippen LogP contribution in [0.3, 0.4) is 0 Å². The zero-order valence-electron chi connectivity index (χ0n) is 8.69. The molecule has 1 aromatic rings. The summed E-state index contributed by atoms with van der Waals surface area (Å²) >= 11 is 1.23. The number of aromatic nitrogens is 1. The molecule has 0 unspecified atom stereocenters. The van der Waals surface area contributed by atoms with Crippen molar-refractivity contribution in [3.8, 4) is 0 Å². The van der Waals surface area contributed by atoms with E-state index in [9.17, 15) is 26.7 Å². The average Bonchev–Trinajstić information content (AvgIpc) is 2.25. The topological polar surface area (TPSA) is 39.2 Å². The van der Waals surface area contributed by atoms with Crippen molar-refractivity contribution in [3.05, 3.63) is 26.6 Å². The van der Waals surface area contributed by atoms with Gasteiger partial charge < -0.3 is 4.74 Å². The first kappa shape index (κ1) is 15.1. The Morgan fingerprint density at radius 1 is 1.44 bits per heavy atom. The fourth-order valence-corrected chi connectivity index (χ4v) is 1.89. The Kier molecular flexibility index (Phi) is 4.46. The third-order valence-corrected chi connectivity index (χ3v) is 2.71. The summed E-state index contributed by atoms with van der Waals surface area (Å²) in [6, 6.07) is 0.577. The zero-order valence-corrected chi connectivity index (χ0v) is 10.8. The van der Waals surface area contributed by atoms with Crippen molar-refractivity contribution in [1.29, 1.82) is 0 Å². The standard InChI is InChI=1S/C9H5F5INO2/c1-18-8(17)5-3(7(10)11)2-4(15)6(16-5)9(12,13)14/h2,7H,1H3. The number of carbonyl (C=O) groups excluding carboxylic acids is 1. The molecule has 0 bridgehead atoms. The van der Waals surface area contributed by atoms with Crippen LogP contribution >= 0.6 is 22.6 Å². The van der Waals surface area contributed by atoms with E-state index in [0.29, 0.717) is 6.07 Å². The van der Waals surface area contributed by atoms with Crippen LogP contribution in [0, 0.1) is 3.57 Å². The molecule has 0 aliphatic carbocycles. The molecule has 0 saturated heterocycles. The molecule has 100 valence electrons. The number of hydrogen-bond donors (Lipinski definition) is 0. The van der Waals surface area contributed by atoms with Crippen molar-refractivity contribution in [1.82, 2.24) is 4.98 Å². The average molecular weight is 381 g/mol. The van der Waals surface area contributed by atoms with E-state index < -0.39 is 39.1 Å². The van der Waals surface area contributed by atoms with Gasteiger partial charge >= 0.3 is 12.1 Å². The quantitative estimate of drug-likeness (QED) is 0.448. The maximum Gasteiger partial charge on any atom is 0.434 e. The maximum absolute atomic E-state index is 12.6. The van der Waals surface area contributed by atoms with Gasteiger partial charge in [0.2, 0.25) is 0 Å². The van der Waals surface area contributed by atoms with Crippen molar-refractivity contribution >= 4 is 28.6 Å². The minimum Gasteiger partial charge on any atom is -0.464 e. The highest BCUT2D eigenvalue weighted by Crippen LogP contribution is 2.34. The van der Waals surface area contributed by atoms with E-state index >= 15 is 0 Å². The molecule has 0 aliphatic heterocycles. The molecule has 18 heavy (non-hydrogen) atoms. The lowest BCUT2D eigenvalue weighted by Crippen LogP contribution is -2.17. The van der Waals surface area contributed by atoms with E-state index in [4.69, 9.17) is 0 Å². The van der Waals surface area contributed by atoms with Crippen LogP contribution < -0.4 is 0 Å². The van der Waals surface area contributed by atoms with Crippen molar-refractivity contribution < 1.29 is 31.5 Å². The predicted octanol–water partition coefficient (Wildman–Crippen LogP) is 3.43. The summed E-state index contributed by atoms with van der Waals surface area (Å²) in [5, 5.41) is 0. The first-order valence-corrected chi connectivity index (χ1v) is 5.40. The minimum atomic E-state index is -4.83. The highest BCUT2D eigenvalue weighted by atomic mass is 127. The number of ether oxygens (including phenoxy) is 1. The second-order valence-electron chi connectivity index (χ2n) is 3.05. The second-order valence-corrected chi connectivity index (χ2v) is 4.21. The van der Waals surface area contributed by atoms with Gasteiger partial charge in [-0.15, -0.1) is 0 Å². The van der Waals surface area contributed by atoms with Gasteiger partial charge in [-0.1, -0.05) is 0 Å². The van der Waals surface area contributed by atoms with Gasteiger partial charge in [-0.2, -0.15) is 13.2 Å². The molecular weight excluding hydrogens is 376 g/mol. The lowest BCUT2D eigenvalue weighted by atomic mass is 10.1. The molecule has 1 aromatic heterocycles. The smallest absolute Gasteiger partial charge is 0.434 e. The summed E-state index contributed by atoms with van der Waals surface area (Å²) < 4.78 is 66.4. The molecular formula is C9H5F5INO2. The maximum atomic E-state index is 12.6. The van der Waals surface area contributed by atoms with Crippen LogP contribution in [0.1, 0.15) is 28.2 Å². The molecule has 1 heterocycles. The molecule has 0 radical (unpaired) electrons. The second kappa shape index (κ2) is 5.33. The van der Waals surface area contributed by atoms with Crippen molar-refractivity contribution in [2.45, 2.75) is 12.6 Å². The molecule has 0 aliphatic rings. The van der Waals surface area contributed by atoms with Crippen molar-refractivity contribution in [3.63, 3.8) is 0 Å². The predicted molar refractivity (Wildman–Crippen MR) is 58.3 cm³/mol. The molecule has 0 amide bonds. The van der Waals surface area contributed by atoms with Gasteiger partial charge in [0, 0.05) is 3.57 Å². The SMILES string of the molecule is COC(=O)c1nc(C(F)(F)F)c(I)cc1C(F)F. The van der Waals surface area contributed by atoms with Gasteiger partial charge in [0.1, 0.15) is 0 Å². The fourth-order valence-electron chi connectivity index (χ4n) is 1.13. The Hall–Kier alpha value is -1.00. The van der Waals surface area contributed by atoms with E-state index in [-0.39, 0.29) is 0 Å². The monoisotopic (exact) mass is 381 g/mol. The third kappa shape index (κ3) is 3.06.